The maximum atomic E-state index is 9.60. The first-order valence-corrected chi connectivity index (χ1v) is 6.26. The largest absolute Gasteiger partial charge is 0.389 e. The molecule has 3 aromatic rings. The molecule has 0 spiro atoms. The Morgan fingerprint density at radius 2 is 2.00 bits per heavy atom. The van der Waals surface area contributed by atoms with Gasteiger partial charge in [-0.15, -0.1) is 0 Å². The standard InChI is InChI=1S/C15H13N3O2/c1-10(19)11-4-2-5-12(8-11)15-17-14(18-20-15)13-6-3-7-16-9-13/h2-10,19H,1H3. The van der Waals surface area contributed by atoms with E-state index < -0.39 is 6.10 Å². The van der Waals surface area contributed by atoms with Crippen LogP contribution in [0, 0.1) is 0 Å². The number of aliphatic hydroxyl groups excluding tert-OH is 1. The summed E-state index contributed by atoms with van der Waals surface area (Å²) >= 11 is 0. The van der Waals surface area contributed by atoms with Crippen LogP contribution in [-0.2, 0) is 0 Å². The number of pyridine rings is 1. The number of aliphatic hydroxyl groups is 1. The van der Waals surface area contributed by atoms with Gasteiger partial charge in [0.1, 0.15) is 0 Å². The normalized spacial score (nSPS) is 12.3. The fraction of sp³-hybridized carbons (Fsp3) is 0.133. The van der Waals surface area contributed by atoms with Crippen molar-refractivity contribution >= 4 is 0 Å². The van der Waals surface area contributed by atoms with Gasteiger partial charge in [0.2, 0.25) is 5.82 Å². The summed E-state index contributed by atoms with van der Waals surface area (Å²) in [5, 5.41) is 13.6. The summed E-state index contributed by atoms with van der Waals surface area (Å²) in [6, 6.07) is 11.1. The number of hydrogen-bond donors (Lipinski definition) is 1. The second kappa shape index (κ2) is 5.22. The van der Waals surface area contributed by atoms with Gasteiger partial charge >= 0.3 is 0 Å². The van der Waals surface area contributed by atoms with Crippen LogP contribution in [0.5, 0.6) is 0 Å². The van der Waals surface area contributed by atoms with Gasteiger partial charge in [-0.2, -0.15) is 4.98 Å². The Hall–Kier alpha value is -2.53. The summed E-state index contributed by atoms with van der Waals surface area (Å²) in [7, 11) is 0. The van der Waals surface area contributed by atoms with Crippen LogP contribution < -0.4 is 0 Å². The van der Waals surface area contributed by atoms with Gasteiger partial charge in [0.15, 0.2) is 0 Å². The number of nitrogens with zero attached hydrogens (tertiary/aromatic N) is 3. The molecule has 20 heavy (non-hydrogen) atoms. The van der Waals surface area contributed by atoms with Crippen LogP contribution in [0.25, 0.3) is 22.8 Å². The van der Waals surface area contributed by atoms with Crippen molar-refractivity contribution in [1.82, 2.24) is 15.1 Å². The van der Waals surface area contributed by atoms with Gasteiger partial charge in [-0.3, -0.25) is 4.98 Å². The van der Waals surface area contributed by atoms with Crippen LogP contribution in [0.4, 0.5) is 0 Å². The van der Waals surface area contributed by atoms with Crippen LogP contribution in [-0.4, -0.2) is 20.2 Å². The Balaban J connectivity index is 1.96. The molecular weight excluding hydrogens is 254 g/mol. The number of aromatic nitrogens is 3. The highest BCUT2D eigenvalue weighted by molar-refractivity contribution is 5.59. The Morgan fingerprint density at radius 3 is 2.75 bits per heavy atom. The van der Waals surface area contributed by atoms with Gasteiger partial charge in [0.05, 0.1) is 6.10 Å². The highest BCUT2D eigenvalue weighted by Crippen LogP contribution is 2.24. The molecule has 0 saturated heterocycles. The average Bonchev–Trinajstić information content (AvgIpc) is 2.98. The van der Waals surface area contributed by atoms with E-state index in [-0.39, 0.29) is 0 Å². The van der Waals surface area contributed by atoms with Crippen LogP contribution in [0.15, 0.2) is 53.3 Å². The van der Waals surface area contributed by atoms with E-state index in [4.69, 9.17) is 4.52 Å². The molecule has 0 bridgehead atoms. The zero-order valence-electron chi connectivity index (χ0n) is 10.9. The molecule has 0 saturated carbocycles. The third kappa shape index (κ3) is 2.44. The molecule has 3 rings (SSSR count). The summed E-state index contributed by atoms with van der Waals surface area (Å²) in [5.41, 5.74) is 2.39. The van der Waals surface area contributed by atoms with Crippen molar-refractivity contribution in [3.8, 4) is 22.8 Å². The first-order chi connectivity index (χ1) is 9.74. The summed E-state index contributed by atoms with van der Waals surface area (Å²) in [6.45, 7) is 1.72. The van der Waals surface area contributed by atoms with Crippen LogP contribution in [0.1, 0.15) is 18.6 Å². The van der Waals surface area contributed by atoms with E-state index in [1.165, 1.54) is 0 Å². The Kier molecular flexibility index (Phi) is 3.26. The number of hydrogen-bond acceptors (Lipinski definition) is 5. The predicted octanol–water partition coefficient (Wildman–Crippen LogP) is 2.85. The molecule has 5 nitrogen and oxygen atoms in total. The maximum absolute atomic E-state index is 9.60. The van der Waals surface area contributed by atoms with Crippen molar-refractivity contribution in [3.05, 3.63) is 54.4 Å². The van der Waals surface area contributed by atoms with Gasteiger partial charge in [-0.25, -0.2) is 0 Å². The van der Waals surface area contributed by atoms with Crippen molar-refractivity contribution in [2.24, 2.45) is 0 Å². The number of rotatable bonds is 3. The van der Waals surface area contributed by atoms with Crippen molar-refractivity contribution in [3.63, 3.8) is 0 Å². The fourth-order valence-corrected chi connectivity index (χ4v) is 1.88. The molecule has 1 atom stereocenters. The predicted molar refractivity (Wildman–Crippen MR) is 73.6 cm³/mol. The summed E-state index contributed by atoms with van der Waals surface area (Å²) in [5.74, 6) is 0.918. The van der Waals surface area contributed by atoms with E-state index in [0.29, 0.717) is 11.7 Å². The molecule has 0 aliphatic rings. The molecule has 0 radical (unpaired) electrons. The lowest BCUT2D eigenvalue weighted by Gasteiger charge is -2.04. The first-order valence-electron chi connectivity index (χ1n) is 6.26. The van der Waals surface area contributed by atoms with E-state index in [1.807, 2.05) is 36.4 Å². The lowest BCUT2D eigenvalue weighted by atomic mass is 10.1. The van der Waals surface area contributed by atoms with Gasteiger partial charge in [-0.05, 0) is 36.8 Å². The summed E-state index contributed by atoms with van der Waals surface area (Å²) in [6.07, 6.45) is 2.84. The highest BCUT2D eigenvalue weighted by atomic mass is 16.5. The van der Waals surface area contributed by atoms with E-state index >= 15 is 0 Å². The zero-order valence-corrected chi connectivity index (χ0v) is 10.9. The van der Waals surface area contributed by atoms with Crippen molar-refractivity contribution in [1.29, 1.82) is 0 Å². The lowest BCUT2D eigenvalue weighted by molar-refractivity contribution is 0.199. The molecule has 0 aliphatic heterocycles. The van der Waals surface area contributed by atoms with Gasteiger partial charge in [0, 0.05) is 23.5 Å². The average molecular weight is 267 g/mol. The van der Waals surface area contributed by atoms with E-state index in [1.54, 1.807) is 19.3 Å². The third-order valence-electron chi connectivity index (χ3n) is 2.96. The van der Waals surface area contributed by atoms with Crippen molar-refractivity contribution in [2.45, 2.75) is 13.0 Å². The molecule has 100 valence electrons. The fourth-order valence-electron chi connectivity index (χ4n) is 1.88. The van der Waals surface area contributed by atoms with E-state index in [0.717, 1.165) is 16.7 Å². The van der Waals surface area contributed by atoms with Crippen molar-refractivity contribution in [2.75, 3.05) is 0 Å². The Labute approximate surface area is 115 Å². The topological polar surface area (TPSA) is 72.0 Å². The molecule has 0 aliphatic carbocycles. The molecule has 0 amide bonds. The lowest BCUT2D eigenvalue weighted by Crippen LogP contribution is -1.91. The smallest absolute Gasteiger partial charge is 0.258 e. The third-order valence-corrected chi connectivity index (χ3v) is 2.96. The minimum atomic E-state index is -0.532. The Morgan fingerprint density at radius 1 is 1.15 bits per heavy atom. The first kappa shape index (κ1) is 12.5. The van der Waals surface area contributed by atoms with Gasteiger partial charge in [0.25, 0.3) is 5.89 Å². The molecule has 0 fully saturated rings. The molecule has 2 heterocycles. The molecule has 1 aromatic carbocycles. The summed E-state index contributed by atoms with van der Waals surface area (Å²) in [4.78, 5) is 8.38. The van der Waals surface area contributed by atoms with Crippen LogP contribution in [0.3, 0.4) is 0 Å². The molecule has 2 aromatic heterocycles. The van der Waals surface area contributed by atoms with Crippen LogP contribution in [0.2, 0.25) is 0 Å². The molecule has 1 N–H and O–H groups in total. The van der Waals surface area contributed by atoms with E-state index in [2.05, 4.69) is 15.1 Å². The van der Waals surface area contributed by atoms with Crippen LogP contribution >= 0.6 is 0 Å². The van der Waals surface area contributed by atoms with E-state index in [9.17, 15) is 5.11 Å². The number of benzene rings is 1. The zero-order chi connectivity index (χ0) is 13.9. The molecule has 1 unspecified atom stereocenters. The maximum Gasteiger partial charge on any atom is 0.258 e. The van der Waals surface area contributed by atoms with Gasteiger partial charge < -0.3 is 9.63 Å². The summed E-state index contributed by atoms with van der Waals surface area (Å²) < 4.78 is 5.27. The second-order valence-electron chi connectivity index (χ2n) is 4.47. The highest BCUT2D eigenvalue weighted by Gasteiger charge is 2.11. The minimum Gasteiger partial charge on any atom is -0.389 e. The SMILES string of the molecule is CC(O)c1cccc(-c2nc(-c3cccnc3)no2)c1. The monoisotopic (exact) mass is 267 g/mol. The minimum absolute atomic E-state index is 0.423. The Bertz CT molecular complexity index is 708. The molecular formula is C15H13N3O2. The quantitative estimate of drug-likeness (QED) is 0.790. The van der Waals surface area contributed by atoms with Gasteiger partial charge in [-0.1, -0.05) is 17.3 Å². The second-order valence-corrected chi connectivity index (χ2v) is 4.47. The van der Waals surface area contributed by atoms with Crippen molar-refractivity contribution < 1.29 is 9.63 Å². The molecule has 5 heteroatoms.